The normalized spacial score (nSPS) is 16.4. The Bertz CT molecular complexity index is 676. The number of nitriles is 1. The number of hydrogen-bond donors (Lipinski definition) is 0. The van der Waals surface area contributed by atoms with E-state index in [-0.39, 0.29) is 0 Å². The fourth-order valence-electron chi connectivity index (χ4n) is 2.83. The molecule has 20 heavy (non-hydrogen) atoms. The van der Waals surface area contributed by atoms with Crippen molar-refractivity contribution in [3.8, 4) is 6.07 Å². The van der Waals surface area contributed by atoms with Gasteiger partial charge in [0.1, 0.15) is 11.9 Å². The Kier molecular flexibility index (Phi) is 3.31. The third-order valence-electron chi connectivity index (χ3n) is 4.15. The van der Waals surface area contributed by atoms with Crippen molar-refractivity contribution in [3.63, 3.8) is 0 Å². The Labute approximate surface area is 119 Å². The lowest BCUT2D eigenvalue weighted by Crippen LogP contribution is -2.34. The topological polar surface area (TPSA) is 39.9 Å². The summed E-state index contributed by atoms with van der Waals surface area (Å²) in [6.45, 7) is 6.35. The van der Waals surface area contributed by atoms with E-state index in [0.717, 1.165) is 35.7 Å². The van der Waals surface area contributed by atoms with Crippen molar-refractivity contribution in [2.45, 2.75) is 26.7 Å². The average Bonchev–Trinajstić information content (AvgIpc) is 2.46. The number of benzene rings is 1. The highest BCUT2D eigenvalue weighted by Gasteiger charge is 2.20. The number of piperidine rings is 1. The molecule has 0 atom stereocenters. The van der Waals surface area contributed by atoms with Gasteiger partial charge in [0.15, 0.2) is 0 Å². The summed E-state index contributed by atoms with van der Waals surface area (Å²) < 4.78 is 0. The molecule has 0 bridgehead atoms. The van der Waals surface area contributed by atoms with E-state index in [1.165, 1.54) is 18.4 Å². The Morgan fingerprint density at radius 3 is 2.70 bits per heavy atom. The van der Waals surface area contributed by atoms with E-state index in [2.05, 4.69) is 36.9 Å². The molecule has 0 amide bonds. The number of hydrogen-bond acceptors (Lipinski definition) is 3. The zero-order chi connectivity index (χ0) is 14.1. The molecular formula is C17H19N3. The number of aryl methyl sites for hydroxylation is 1. The minimum atomic E-state index is 0.692. The second-order valence-corrected chi connectivity index (χ2v) is 5.84. The van der Waals surface area contributed by atoms with Crippen LogP contribution in [0.25, 0.3) is 10.9 Å². The maximum absolute atomic E-state index is 9.41. The predicted octanol–water partition coefficient (Wildman–Crippen LogP) is 3.65. The molecule has 1 aromatic heterocycles. The van der Waals surface area contributed by atoms with Crippen LogP contribution in [0.5, 0.6) is 0 Å². The first-order chi connectivity index (χ1) is 9.67. The van der Waals surface area contributed by atoms with Crippen molar-refractivity contribution in [1.82, 2.24) is 4.98 Å². The Balaban J connectivity index is 2.06. The molecule has 0 spiro atoms. The van der Waals surface area contributed by atoms with Gasteiger partial charge in [0.25, 0.3) is 0 Å². The van der Waals surface area contributed by atoms with Crippen molar-refractivity contribution in [2.75, 3.05) is 18.0 Å². The van der Waals surface area contributed by atoms with E-state index < -0.39 is 0 Å². The van der Waals surface area contributed by atoms with Gasteiger partial charge in [-0.05, 0) is 43.9 Å². The standard InChI is InChI=1S/C17H19N3/c1-12-5-7-20(8-6-12)17-15(11-18)10-14-9-13(2)3-4-16(14)19-17/h3-4,9-10,12H,5-8H2,1-2H3. The number of nitrogens with zero attached hydrogens (tertiary/aromatic N) is 3. The number of anilines is 1. The van der Waals surface area contributed by atoms with Gasteiger partial charge < -0.3 is 4.90 Å². The zero-order valence-corrected chi connectivity index (χ0v) is 12.1. The van der Waals surface area contributed by atoms with Gasteiger partial charge in [-0.25, -0.2) is 4.98 Å². The van der Waals surface area contributed by atoms with E-state index in [0.29, 0.717) is 5.56 Å². The molecule has 0 N–H and O–H groups in total. The lowest BCUT2D eigenvalue weighted by Gasteiger charge is -2.31. The molecule has 1 fully saturated rings. The molecule has 3 rings (SSSR count). The highest BCUT2D eigenvalue weighted by Crippen LogP contribution is 2.27. The molecular weight excluding hydrogens is 246 g/mol. The smallest absolute Gasteiger partial charge is 0.147 e. The van der Waals surface area contributed by atoms with Crippen LogP contribution >= 0.6 is 0 Å². The summed E-state index contributed by atoms with van der Waals surface area (Å²) in [5.41, 5.74) is 2.86. The number of fused-ring (bicyclic) bond motifs is 1. The van der Waals surface area contributed by atoms with Gasteiger partial charge in [0.2, 0.25) is 0 Å². The van der Waals surface area contributed by atoms with Crippen LogP contribution in [0.1, 0.15) is 30.9 Å². The molecule has 1 aliphatic heterocycles. The fourth-order valence-corrected chi connectivity index (χ4v) is 2.83. The first kappa shape index (κ1) is 12.9. The molecule has 3 nitrogen and oxygen atoms in total. The Morgan fingerprint density at radius 2 is 2.00 bits per heavy atom. The second-order valence-electron chi connectivity index (χ2n) is 5.84. The third kappa shape index (κ3) is 2.34. The summed E-state index contributed by atoms with van der Waals surface area (Å²) in [6, 6.07) is 10.5. The van der Waals surface area contributed by atoms with E-state index in [9.17, 15) is 5.26 Å². The van der Waals surface area contributed by atoms with Crippen molar-refractivity contribution in [3.05, 3.63) is 35.4 Å². The number of aromatic nitrogens is 1. The van der Waals surface area contributed by atoms with Gasteiger partial charge in [0.05, 0.1) is 11.1 Å². The molecule has 0 aliphatic carbocycles. The average molecular weight is 265 g/mol. The summed E-state index contributed by atoms with van der Waals surface area (Å²) in [4.78, 5) is 7.00. The minimum absolute atomic E-state index is 0.692. The SMILES string of the molecule is Cc1ccc2nc(N3CCC(C)CC3)c(C#N)cc2c1. The summed E-state index contributed by atoms with van der Waals surface area (Å²) in [6.07, 6.45) is 2.36. The first-order valence-electron chi connectivity index (χ1n) is 7.24. The molecule has 102 valence electrons. The maximum Gasteiger partial charge on any atom is 0.147 e. The Morgan fingerprint density at radius 1 is 1.25 bits per heavy atom. The van der Waals surface area contributed by atoms with E-state index >= 15 is 0 Å². The number of rotatable bonds is 1. The lowest BCUT2D eigenvalue weighted by atomic mass is 9.99. The third-order valence-corrected chi connectivity index (χ3v) is 4.15. The van der Waals surface area contributed by atoms with Gasteiger partial charge in [0, 0.05) is 18.5 Å². The van der Waals surface area contributed by atoms with Crippen molar-refractivity contribution < 1.29 is 0 Å². The molecule has 1 aliphatic rings. The summed E-state index contributed by atoms with van der Waals surface area (Å²) in [5, 5.41) is 10.5. The zero-order valence-electron chi connectivity index (χ0n) is 12.1. The van der Waals surface area contributed by atoms with Gasteiger partial charge in [-0.1, -0.05) is 18.6 Å². The highest BCUT2D eigenvalue weighted by atomic mass is 15.2. The first-order valence-corrected chi connectivity index (χ1v) is 7.24. The largest absolute Gasteiger partial charge is 0.355 e. The van der Waals surface area contributed by atoms with Crippen LogP contribution in [0.2, 0.25) is 0 Å². The van der Waals surface area contributed by atoms with Gasteiger partial charge >= 0.3 is 0 Å². The molecule has 2 aromatic rings. The van der Waals surface area contributed by atoms with Gasteiger partial charge in [-0.2, -0.15) is 5.26 Å². The molecule has 3 heteroatoms. The highest BCUT2D eigenvalue weighted by molar-refractivity contribution is 5.83. The molecule has 1 saturated heterocycles. The van der Waals surface area contributed by atoms with E-state index in [4.69, 9.17) is 4.98 Å². The molecule has 0 radical (unpaired) electrons. The quantitative estimate of drug-likeness (QED) is 0.790. The molecule has 0 saturated carbocycles. The van der Waals surface area contributed by atoms with Crippen LogP contribution in [0.3, 0.4) is 0 Å². The van der Waals surface area contributed by atoms with Crippen LogP contribution < -0.4 is 4.90 Å². The van der Waals surface area contributed by atoms with Gasteiger partial charge in [-0.15, -0.1) is 0 Å². The van der Waals surface area contributed by atoms with Crippen LogP contribution in [-0.4, -0.2) is 18.1 Å². The van der Waals surface area contributed by atoms with E-state index in [1.54, 1.807) is 0 Å². The monoisotopic (exact) mass is 265 g/mol. The second kappa shape index (κ2) is 5.13. The number of pyridine rings is 1. The molecule has 0 unspecified atom stereocenters. The molecule has 1 aromatic carbocycles. The Hall–Kier alpha value is -2.08. The van der Waals surface area contributed by atoms with Crippen LogP contribution in [-0.2, 0) is 0 Å². The summed E-state index contributed by atoms with van der Waals surface area (Å²) >= 11 is 0. The predicted molar refractivity (Wildman–Crippen MR) is 81.8 cm³/mol. The van der Waals surface area contributed by atoms with Crippen molar-refractivity contribution >= 4 is 16.7 Å². The van der Waals surface area contributed by atoms with Crippen LogP contribution in [0.4, 0.5) is 5.82 Å². The van der Waals surface area contributed by atoms with Crippen molar-refractivity contribution in [1.29, 1.82) is 5.26 Å². The minimum Gasteiger partial charge on any atom is -0.355 e. The van der Waals surface area contributed by atoms with Crippen LogP contribution in [0.15, 0.2) is 24.3 Å². The maximum atomic E-state index is 9.41. The van der Waals surface area contributed by atoms with Crippen LogP contribution in [0, 0.1) is 24.2 Å². The summed E-state index contributed by atoms with van der Waals surface area (Å²) in [5.74, 6) is 1.63. The lowest BCUT2D eigenvalue weighted by molar-refractivity contribution is 0.436. The van der Waals surface area contributed by atoms with E-state index in [1.807, 2.05) is 12.1 Å². The fraction of sp³-hybridized carbons (Fsp3) is 0.412. The summed E-state index contributed by atoms with van der Waals surface area (Å²) in [7, 11) is 0. The molecule has 2 heterocycles. The van der Waals surface area contributed by atoms with Crippen molar-refractivity contribution in [2.24, 2.45) is 5.92 Å². The van der Waals surface area contributed by atoms with Gasteiger partial charge in [-0.3, -0.25) is 0 Å².